The molecule has 0 saturated carbocycles. The van der Waals surface area contributed by atoms with Crippen molar-refractivity contribution in [1.29, 1.82) is 0 Å². The minimum atomic E-state index is -0.837. The van der Waals surface area contributed by atoms with E-state index in [2.05, 4.69) is 11.9 Å². The average molecular weight is 266 g/mol. The van der Waals surface area contributed by atoms with Gasteiger partial charge in [0, 0.05) is 17.5 Å². The zero-order chi connectivity index (χ0) is 13.0. The van der Waals surface area contributed by atoms with Gasteiger partial charge in [0.1, 0.15) is 0 Å². The Balaban J connectivity index is 2.19. The van der Waals surface area contributed by atoms with E-state index in [1.807, 2.05) is 10.6 Å². The van der Waals surface area contributed by atoms with E-state index in [1.54, 1.807) is 18.7 Å². The van der Waals surface area contributed by atoms with Crippen LogP contribution in [0.5, 0.6) is 0 Å². The highest BCUT2D eigenvalue weighted by Crippen LogP contribution is 2.20. The van der Waals surface area contributed by atoms with E-state index < -0.39 is 5.97 Å². The Bertz CT molecular complexity index is 519. The van der Waals surface area contributed by atoms with Gasteiger partial charge in [0.2, 0.25) is 0 Å². The monoisotopic (exact) mass is 266 g/mol. The summed E-state index contributed by atoms with van der Waals surface area (Å²) in [5, 5.41) is 9.45. The van der Waals surface area contributed by atoms with Crippen LogP contribution in [0.15, 0.2) is 34.4 Å². The number of rotatable bonds is 6. The summed E-state index contributed by atoms with van der Waals surface area (Å²) in [6, 6.07) is 1.89. The Morgan fingerprint density at radius 2 is 2.44 bits per heavy atom. The van der Waals surface area contributed by atoms with Crippen molar-refractivity contribution < 1.29 is 14.3 Å². The number of thioether (sulfide) groups is 1. The fourth-order valence-corrected chi connectivity index (χ4v) is 2.37. The van der Waals surface area contributed by atoms with Crippen LogP contribution in [0.1, 0.15) is 18.2 Å². The van der Waals surface area contributed by atoms with Gasteiger partial charge < -0.3 is 14.1 Å². The van der Waals surface area contributed by atoms with Gasteiger partial charge in [0.25, 0.3) is 0 Å². The van der Waals surface area contributed by atoms with Crippen molar-refractivity contribution in [2.75, 3.05) is 5.75 Å². The predicted octanol–water partition coefficient (Wildman–Crippen LogP) is 2.26. The lowest BCUT2D eigenvalue weighted by Crippen LogP contribution is -2.06. The third-order valence-electron chi connectivity index (χ3n) is 2.51. The van der Waals surface area contributed by atoms with Gasteiger partial charge in [-0.15, -0.1) is 0 Å². The minimum absolute atomic E-state index is 0.0194. The molecule has 0 spiro atoms. The zero-order valence-electron chi connectivity index (χ0n) is 10.00. The van der Waals surface area contributed by atoms with E-state index in [0.717, 1.165) is 22.8 Å². The highest BCUT2D eigenvalue weighted by atomic mass is 32.2. The summed E-state index contributed by atoms with van der Waals surface area (Å²) < 4.78 is 7.07. The Hall–Kier alpha value is -1.69. The number of aromatic nitrogens is 2. The van der Waals surface area contributed by atoms with Crippen LogP contribution in [0, 0.1) is 0 Å². The topological polar surface area (TPSA) is 68.3 Å². The van der Waals surface area contributed by atoms with E-state index >= 15 is 0 Å². The van der Waals surface area contributed by atoms with E-state index in [0.29, 0.717) is 6.54 Å². The smallest absolute Gasteiger partial charge is 0.313 e. The first-order valence-corrected chi connectivity index (χ1v) is 6.59. The number of imidazole rings is 1. The normalized spacial score (nSPS) is 10.7. The molecule has 0 aliphatic carbocycles. The van der Waals surface area contributed by atoms with Crippen molar-refractivity contribution >= 4 is 17.7 Å². The van der Waals surface area contributed by atoms with Gasteiger partial charge in [0.05, 0.1) is 24.8 Å². The van der Waals surface area contributed by atoms with E-state index in [-0.39, 0.29) is 5.75 Å². The van der Waals surface area contributed by atoms with E-state index in [1.165, 1.54) is 11.8 Å². The Kier molecular flexibility index (Phi) is 4.09. The molecule has 6 heteroatoms. The highest BCUT2D eigenvalue weighted by Gasteiger charge is 2.11. The number of carboxylic acid groups (broad SMARTS) is 1. The quantitative estimate of drug-likeness (QED) is 0.812. The number of furan rings is 1. The molecule has 0 fully saturated rings. The van der Waals surface area contributed by atoms with Gasteiger partial charge in [0.15, 0.2) is 5.16 Å². The Morgan fingerprint density at radius 3 is 3.06 bits per heavy atom. The molecule has 0 aliphatic heterocycles. The van der Waals surface area contributed by atoms with Gasteiger partial charge >= 0.3 is 5.97 Å². The molecular formula is C12H14N2O3S. The molecule has 0 bridgehead atoms. The maximum Gasteiger partial charge on any atom is 0.313 e. The van der Waals surface area contributed by atoms with Crippen LogP contribution in [0.25, 0.3) is 0 Å². The van der Waals surface area contributed by atoms with Gasteiger partial charge in [-0.3, -0.25) is 4.79 Å². The second-order valence-electron chi connectivity index (χ2n) is 3.79. The second-order valence-corrected chi connectivity index (χ2v) is 4.73. The molecule has 96 valence electrons. The lowest BCUT2D eigenvalue weighted by molar-refractivity contribution is -0.133. The standard InChI is InChI=1S/C12H14N2O3S/c1-2-10-5-13-12(18-8-11(15)16)14(10)6-9-3-4-17-7-9/h3-5,7H,2,6,8H2,1H3,(H,15,16). The van der Waals surface area contributed by atoms with Crippen molar-refractivity contribution in [3.8, 4) is 0 Å². The summed E-state index contributed by atoms with van der Waals surface area (Å²) in [6.07, 6.45) is 5.97. The molecule has 1 N–H and O–H groups in total. The molecule has 0 radical (unpaired) electrons. The molecule has 0 aliphatic rings. The fraction of sp³-hybridized carbons (Fsp3) is 0.333. The van der Waals surface area contributed by atoms with Crippen molar-refractivity contribution in [3.63, 3.8) is 0 Å². The summed E-state index contributed by atoms with van der Waals surface area (Å²) >= 11 is 1.23. The second kappa shape index (κ2) is 5.77. The number of aryl methyl sites for hydroxylation is 1. The average Bonchev–Trinajstić information content (AvgIpc) is 2.97. The molecule has 2 aromatic rings. The predicted molar refractivity (Wildman–Crippen MR) is 67.8 cm³/mol. The number of aliphatic carboxylic acids is 1. The molecule has 5 nitrogen and oxygen atoms in total. The Morgan fingerprint density at radius 1 is 1.61 bits per heavy atom. The molecule has 0 amide bonds. The van der Waals surface area contributed by atoms with Crippen LogP contribution >= 0.6 is 11.8 Å². The summed E-state index contributed by atoms with van der Waals surface area (Å²) in [7, 11) is 0. The zero-order valence-corrected chi connectivity index (χ0v) is 10.8. The van der Waals surface area contributed by atoms with Crippen LogP contribution in [0.2, 0.25) is 0 Å². The summed E-state index contributed by atoms with van der Waals surface area (Å²) in [4.78, 5) is 14.9. The lowest BCUT2D eigenvalue weighted by Gasteiger charge is -2.08. The number of carboxylic acids is 1. The number of nitrogens with zero attached hydrogens (tertiary/aromatic N) is 2. The molecule has 0 unspecified atom stereocenters. The minimum Gasteiger partial charge on any atom is -0.481 e. The van der Waals surface area contributed by atoms with E-state index in [9.17, 15) is 4.79 Å². The van der Waals surface area contributed by atoms with Crippen LogP contribution in [-0.4, -0.2) is 26.4 Å². The Labute approximate surface area is 109 Å². The number of hydrogen-bond donors (Lipinski definition) is 1. The summed E-state index contributed by atoms with van der Waals surface area (Å²) in [5.74, 6) is -0.818. The van der Waals surface area contributed by atoms with Crippen molar-refractivity contribution in [2.45, 2.75) is 25.0 Å². The largest absolute Gasteiger partial charge is 0.481 e. The molecule has 0 saturated heterocycles. The number of hydrogen-bond acceptors (Lipinski definition) is 4. The molecule has 0 aromatic carbocycles. The van der Waals surface area contributed by atoms with Crippen LogP contribution < -0.4 is 0 Å². The van der Waals surface area contributed by atoms with Crippen LogP contribution in [0.4, 0.5) is 0 Å². The highest BCUT2D eigenvalue weighted by molar-refractivity contribution is 7.99. The SMILES string of the molecule is CCc1cnc(SCC(=O)O)n1Cc1ccoc1. The van der Waals surface area contributed by atoms with Gasteiger partial charge in [-0.2, -0.15) is 0 Å². The lowest BCUT2D eigenvalue weighted by atomic mass is 10.3. The molecule has 0 atom stereocenters. The van der Waals surface area contributed by atoms with Crippen molar-refractivity contribution in [3.05, 3.63) is 36.0 Å². The summed E-state index contributed by atoms with van der Waals surface area (Å²) in [5.41, 5.74) is 2.13. The van der Waals surface area contributed by atoms with Gasteiger partial charge in [-0.25, -0.2) is 4.98 Å². The third-order valence-corrected chi connectivity index (χ3v) is 3.48. The number of carbonyl (C=O) groups is 1. The van der Waals surface area contributed by atoms with Gasteiger partial charge in [-0.1, -0.05) is 18.7 Å². The molecule has 2 rings (SSSR count). The van der Waals surface area contributed by atoms with E-state index in [4.69, 9.17) is 9.52 Å². The molecular weight excluding hydrogens is 252 g/mol. The third kappa shape index (κ3) is 2.95. The van der Waals surface area contributed by atoms with Crippen LogP contribution in [-0.2, 0) is 17.8 Å². The maximum atomic E-state index is 10.6. The fourth-order valence-electron chi connectivity index (χ4n) is 1.65. The van der Waals surface area contributed by atoms with Crippen molar-refractivity contribution in [2.24, 2.45) is 0 Å². The first-order chi connectivity index (χ1) is 8.70. The van der Waals surface area contributed by atoms with Gasteiger partial charge in [-0.05, 0) is 12.5 Å². The summed E-state index contributed by atoms with van der Waals surface area (Å²) in [6.45, 7) is 2.70. The first-order valence-electron chi connectivity index (χ1n) is 5.60. The van der Waals surface area contributed by atoms with Crippen molar-refractivity contribution in [1.82, 2.24) is 9.55 Å². The maximum absolute atomic E-state index is 10.6. The van der Waals surface area contributed by atoms with Crippen LogP contribution in [0.3, 0.4) is 0 Å². The molecule has 18 heavy (non-hydrogen) atoms. The first kappa shape index (κ1) is 12.8. The molecule has 2 heterocycles. The molecule has 2 aromatic heterocycles.